The Balaban J connectivity index is 0.000000127. The van der Waals surface area contributed by atoms with Gasteiger partial charge in [-0.1, -0.05) is 29.8 Å². The van der Waals surface area contributed by atoms with Gasteiger partial charge in [0.1, 0.15) is 22.3 Å². The van der Waals surface area contributed by atoms with Crippen molar-refractivity contribution in [3.63, 3.8) is 0 Å². The summed E-state index contributed by atoms with van der Waals surface area (Å²) >= 11 is 6.54. The smallest absolute Gasteiger partial charge is 0.263 e. The zero-order chi connectivity index (χ0) is 96.9. The van der Waals surface area contributed by atoms with Gasteiger partial charge in [-0.05, 0) is 129 Å². The van der Waals surface area contributed by atoms with E-state index in [0.717, 1.165) is 148 Å². The molecule has 17 heterocycles. The summed E-state index contributed by atoms with van der Waals surface area (Å²) in [6.45, 7) is 11.7. The van der Waals surface area contributed by atoms with Gasteiger partial charge in [0.2, 0.25) is 10.0 Å². The Morgan fingerprint density at radius 1 is 0.406 bits per heavy atom. The standard InChI is InChI=1S/C25H25FN8O2.C23H21ClFN9O2.C23H21FN8O2.C20H22FN7O3S/c1-15-11-16(25(36)33-9-7-32(2)8-10-33)3-4-18(15)19-5-6-28-13-20(19)30-24(35)21-22(27)31-34-14-17(26)12-29-23(21)34;1-32-4-6-33(7-5-32)23(36)13-8-16(24)19(28-9-13)15-2-3-27-11-17(15)30-22(35)18-20(26)31-34-12-14(25)10-29-21(18)34;24-16-11-28-21-19(20(25)30-32(21)13-16)22(33)29-18-12-27-6-5-17(18)14-1-3-15(4-2-14)23(34)31-9-7-26-8-10-31;21-13-9-24-19-17(18(22)26-28(19)11-13)20(29)25-16-10-23-6-3-15(16)12-4-7-27(8-5-12)32(30,31)14-1-2-14/h3-6,11-14H,7-10H2,1-2H3,(H2,27,31)(H,30,35);2-3,8-12H,4-7H2,1H3,(H2,26,31)(H,30,35);1-6,11-13,26H,7-10H2,(H2,25,30)(H,29,33);3,6,9-12,14H,1-2,4-5,7-8H2,(H2,22,26)(H,25,29). The zero-order valence-corrected chi connectivity index (χ0v) is 75.8. The number of nitrogens with two attached hydrogens (primary N) is 4. The summed E-state index contributed by atoms with van der Waals surface area (Å²) < 4.78 is 84.9. The van der Waals surface area contributed by atoms with Crippen LogP contribution in [0.2, 0.25) is 5.02 Å². The summed E-state index contributed by atoms with van der Waals surface area (Å²) in [5, 5.41) is 30.3. The van der Waals surface area contributed by atoms with Crippen molar-refractivity contribution in [2.24, 2.45) is 0 Å². The first kappa shape index (κ1) is 93.8. The minimum atomic E-state index is -3.19. The van der Waals surface area contributed by atoms with Gasteiger partial charge in [0.25, 0.3) is 41.4 Å². The van der Waals surface area contributed by atoms with E-state index >= 15 is 0 Å². The monoisotopic (exact) mass is 1920 g/mol. The molecule has 5 aliphatic rings. The number of likely N-dealkylation sites (N-methyl/N-ethyl adjacent to an activating group) is 2. The maximum absolute atomic E-state index is 13.5. The average Bonchev–Trinajstić information content (AvgIpc) is 1.69. The SMILES string of the molecule is CN1CCN(C(=O)c2cnc(-c3ccncc3NC(=O)c3c(N)nn4cc(F)cnc34)c(Cl)c2)CC1.Cc1cc(C(=O)N2CCN(C)CC2)ccc1-c1ccncc1NC(=O)c1c(N)nn2cc(F)cnc12.Nc1nn2cc(F)cnc2c1C(=O)Nc1cnccc1-c1ccc(C(=O)N2CCNCC2)cc1.Nc1nn2cc(F)cnc2c1C(=O)Nc1cnccc1C1CCN(S(=O)(=O)C2CC2)CC1. The maximum atomic E-state index is 13.5. The second-order valence-electron chi connectivity index (χ2n) is 33.1. The molecule has 2 aromatic carbocycles. The molecule has 138 heavy (non-hydrogen) atoms. The molecule has 13 N–H and O–H groups in total. The Morgan fingerprint density at radius 3 is 1.22 bits per heavy atom. The number of nitrogens with one attached hydrogen (secondary N) is 5. The number of carbonyl (C=O) groups excluding carboxylic acids is 7. The molecule has 0 radical (unpaired) electrons. The number of piperidine rings is 1. The van der Waals surface area contributed by atoms with Gasteiger partial charge in [0, 0.05) is 150 Å². The van der Waals surface area contributed by atoms with Gasteiger partial charge in [0.15, 0.2) is 69.1 Å². The summed E-state index contributed by atoms with van der Waals surface area (Å²) in [5.74, 6) is -5.05. The van der Waals surface area contributed by atoms with E-state index in [1.165, 1.54) is 31.0 Å². The van der Waals surface area contributed by atoms with E-state index in [-0.39, 0.29) is 102 Å². The van der Waals surface area contributed by atoms with Crippen molar-refractivity contribution in [1.29, 1.82) is 0 Å². The largest absolute Gasteiger partial charge is 0.381 e. The number of carbonyl (C=O) groups is 7. The second-order valence-corrected chi connectivity index (χ2v) is 35.7. The van der Waals surface area contributed by atoms with E-state index < -0.39 is 56.9 Å². The lowest BCUT2D eigenvalue weighted by molar-refractivity contribution is 0.0657. The fraction of sp³-hybridized carbons (Fsp3) is 0.253. The third kappa shape index (κ3) is 20.3. The summed E-state index contributed by atoms with van der Waals surface area (Å²) in [5.41, 5.74) is 33.2. The molecule has 47 heteroatoms. The number of fused-ring (bicyclic) bond motifs is 4. The number of aryl methyl sites for hydroxylation is 1. The molecule has 4 saturated heterocycles. The quantitative estimate of drug-likeness (QED) is 0.0387. The predicted molar refractivity (Wildman–Crippen MR) is 503 cm³/mol. The van der Waals surface area contributed by atoms with Crippen molar-refractivity contribution in [3.8, 4) is 33.5 Å². The second kappa shape index (κ2) is 40.2. The Hall–Kier alpha value is -16.0. The molecule has 41 nitrogen and oxygen atoms in total. The molecule has 5 fully saturated rings. The van der Waals surface area contributed by atoms with E-state index in [0.29, 0.717) is 121 Å². The first-order valence-corrected chi connectivity index (χ1v) is 45.4. The average molecular weight is 1920 g/mol. The number of amides is 7. The van der Waals surface area contributed by atoms with E-state index in [9.17, 15) is 59.5 Å². The molecule has 0 spiro atoms. The minimum Gasteiger partial charge on any atom is -0.381 e. The molecular weight excluding hydrogens is 1830 g/mol. The number of rotatable bonds is 17. The molecule has 20 rings (SSSR count). The van der Waals surface area contributed by atoms with Crippen LogP contribution in [0.1, 0.15) is 115 Å². The molecule has 0 unspecified atom stereocenters. The number of nitrogen functional groups attached to an aromatic ring is 4. The van der Waals surface area contributed by atoms with E-state index in [2.05, 4.69) is 102 Å². The van der Waals surface area contributed by atoms with E-state index in [1.54, 1.807) is 76.5 Å². The van der Waals surface area contributed by atoms with Gasteiger partial charge < -0.3 is 74.0 Å². The van der Waals surface area contributed by atoms with Crippen molar-refractivity contribution in [3.05, 3.63) is 257 Å². The number of sulfonamides is 1. The number of aromatic nitrogens is 17. The first-order valence-electron chi connectivity index (χ1n) is 43.5. The molecule has 1 aliphatic carbocycles. The minimum absolute atomic E-state index is 0.00787. The summed E-state index contributed by atoms with van der Waals surface area (Å²) in [6.07, 6.45) is 25.0. The van der Waals surface area contributed by atoms with Crippen molar-refractivity contribution in [2.75, 3.05) is 150 Å². The topological polar surface area (TPSA) is 523 Å². The highest BCUT2D eigenvalue weighted by atomic mass is 35.5. The van der Waals surface area contributed by atoms with Crippen molar-refractivity contribution in [1.82, 2.24) is 117 Å². The third-order valence-electron chi connectivity index (χ3n) is 23.8. The first-order chi connectivity index (χ1) is 66.5. The molecule has 7 amide bonds. The highest BCUT2D eigenvalue weighted by Gasteiger charge is 2.42. The molecule has 4 aliphatic heterocycles. The molecule has 708 valence electrons. The summed E-state index contributed by atoms with van der Waals surface area (Å²) in [7, 11) is 0.875. The molecule has 0 atom stereocenters. The highest BCUT2D eigenvalue weighted by Crippen LogP contribution is 2.40. The van der Waals surface area contributed by atoms with Crippen molar-refractivity contribution >= 4 is 132 Å². The summed E-state index contributed by atoms with van der Waals surface area (Å²) in [6, 6.07) is 21.3. The van der Waals surface area contributed by atoms with Gasteiger partial charge in [-0.2, -0.15) is 0 Å². The fourth-order valence-electron chi connectivity index (χ4n) is 16.4. The Bertz CT molecular complexity index is 7140. The fourth-order valence-corrected chi connectivity index (χ4v) is 18.6. The molecule has 1 saturated carbocycles. The highest BCUT2D eigenvalue weighted by molar-refractivity contribution is 7.90. The van der Waals surface area contributed by atoms with Gasteiger partial charge in [-0.15, -0.1) is 20.4 Å². The number of benzene rings is 2. The number of hydrogen-bond donors (Lipinski definition) is 9. The van der Waals surface area contributed by atoms with Crippen LogP contribution < -0.4 is 49.5 Å². The zero-order valence-electron chi connectivity index (χ0n) is 74.2. The normalized spacial score (nSPS) is 15.0. The maximum Gasteiger partial charge on any atom is 0.263 e. The van der Waals surface area contributed by atoms with Crippen LogP contribution in [0.4, 0.5) is 63.6 Å². The molecule has 0 bridgehead atoms. The lowest BCUT2D eigenvalue weighted by Gasteiger charge is -2.32. The van der Waals surface area contributed by atoms with Crippen LogP contribution in [-0.2, 0) is 10.0 Å². The number of hydrogen-bond acceptors (Lipinski definition) is 29. The predicted octanol–water partition coefficient (Wildman–Crippen LogP) is 8.24. The van der Waals surface area contributed by atoms with Crippen molar-refractivity contribution < 1.29 is 59.5 Å². The van der Waals surface area contributed by atoms with Gasteiger partial charge in [0.05, 0.1) is 119 Å². The number of halogens is 5. The summed E-state index contributed by atoms with van der Waals surface area (Å²) in [4.78, 5) is 137. The molecule has 15 aromatic rings. The molecular formula is C91H89ClF4N32O9S. The number of pyridine rings is 5. The van der Waals surface area contributed by atoms with Crippen LogP contribution in [0.25, 0.3) is 56.1 Å². The van der Waals surface area contributed by atoms with E-state index in [1.807, 2.05) is 61.2 Å². The van der Waals surface area contributed by atoms with E-state index in [4.69, 9.17) is 34.5 Å². The third-order valence-corrected chi connectivity index (χ3v) is 26.5. The van der Waals surface area contributed by atoms with Crippen LogP contribution >= 0.6 is 11.6 Å². The van der Waals surface area contributed by atoms with Crippen LogP contribution in [0.3, 0.4) is 0 Å². The lowest BCUT2D eigenvalue weighted by Crippen LogP contribution is -2.47. The van der Waals surface area contributed by atoms with Crippen molar-refractivity contribution in [2.45, 2.75) is 43.8 Å². The number of nitrogens with zero attached hydrogens (tertiary/aromatic N) is 23. The Kier molecular flexibility index (Phi) is 27.3. The molecule has 13 aromatic heterocycles. The number of anilines is 8. The van der Waals surface area contributed by atoms with Gasteiger partial charge in [-0.25, -0.2) is 68.3 Å². The number of piperazine rings is 3. The van der Waals surface area contributed by atoms with Crippen LogP contribution in [-0.4, -0.2) is 273 Å². The van der Waals surface area contributed by atoms with Gasteiger partial charge in [-0.3, -0.25) is 58.5 Å². The van der Waals surface area contributed by atoms with Crippen LogP contribution in [0.15, 0.2) is 178 Å². The van der Waals surface area contributed by atoms with Gasteiger partial charge >= 0.3 is 0 Å². The Morgan fingerprint density at radius 2 is 0.783 bits per heavy atom. The lowest BCUT2D eigenvalue weighted by atomic mass is 9.90. The van der Waals surface area contributed by atoms with Crippen LogP contribution in [0.5, 0.6) is 0 Å². The van der Waals surface area contributed by atoms with Crippen LogP contribution in [0, 0.1) is 30.2 Å². The Labute approximate surface area is 788 Å².